The largest absolute Gasteiger partial charge is 0.399 e. The van der Waals surface area contributed by atoms with Crippen LogP contribution in [0.15, 0.2) is 55.1 Å². The number of benzene rings is 1. The molecule has 6 N–H and O–H groups in total. The molecule has 5 rings (SSSR count). The van der Waals surface area contributed by atoms with Crippen molar-refractivity contribution < 1.29 is 0 Å². The highest BCUT2D eigenvalue weighted by molar-refractivity contribution is 5.69. The monoisotopic (exact) mass is 457 g/mol. The van der Waals surface area contributed by atoms with Crippen molar-refractivity contribution in [2.24, 2.45) is 5.73 Å². The molecule has 0 radical (unpaired) electrons. The maximum absolute atomic E-state index is 6.05. The van der Waals surface area contributed by atoms with Crippen LogP contribution < -0.4 is 22.1 Å². The highest BCUT2D eigenvalue weighted by atomic mass is 15.1. The first-order chi connectivity index (χ1) is 16.7. The second-order valence-electron chi connectivity index (χ2n) is 8.91. The zero-order valence-electron chi connectivity index (χ0n) is 19.2. The second-order valence-corrected chi connectivity index (χ2v) is 8.91. The van der Waals surface area contributed by atoms with Gasteiger partial charge in [0.2, 0.25) is 5.95 Å². The van der Waals surface area contributed by atoms with Crippen LogP contribution in [0.2, 0.25) is 0 Å². The molecule has 1 fully saturated rings. The molecule has 9 nitrogen and oxygen atoms in total. The van der Waals surface area contributed by atoms with Gasteiger partial charge in [0.05, 0.1) is 17.6 Å². The minimum Gasteiger partial charge on any atom is -0.399 e. The van der Waals surface area contributed by atoms with Crippen LogP contribution >= 0.6 is 0 Å². The van der Waals surface area contributed by atoms with Gasteiger partial charge in [-0.05, 0) is 62.3 Å². The van der Waals surface area contributed by atoms with Crippen molar-refractivity contribution in [1.82, 2.24) is 24.3 Å². The minimum absolute atomic E-state index is 0.317. The molecule has 0 unspecified atom stereocenters. The number of nitrogens with zero attached hydrogens (tertiary/aromatic N) is 5. The van der Waals surface area contributed by atoms with Gasteiger partial charge < -0.3 is 22.1 Å². The molecule has 0 saturated heterocycles. The van der Waals surface area contributed by atoms with Gasteiger partial charge in [0.15, 0.2) is 11.5 Å². The smallest absolute Gasteiger partial charge is 0.223 e. The van der Waals surface area contributed by atoms with Gasteiger partial charge in [-0.2, -0.15) is 0 Å². The third-order valence-corrected chi connectivity index (χ3v) is 6.34. The summed E-state index contributed by atoms with van der Waals surface area (Å²) < 4.78 is 2.02. The summed E-state index contributed by atoms with van der Waals surface area (Å²) in [6, 6.07) is 10.6. The summed E-state index contributed by atoms with van der Waals surface area (Å²) in [6.07, 6.45) is 13.4. The van der Waals surface area contributed by atoms with Crippen molar-refractivity contribution in [3.8, 4) is 11.4 Å². The Hall–Kier alpha value is -3.72. The van der Waals surface area contributed by atoms with Crippen LogP contribution in [-0.4, -0.2) is 43.0 Å². The lowest BCUT2D eigenvalue weighted by molar-refractivity contribution is 0.410. The van der Waals surface area contributed by atoms with Crippen LogP contribution in [0.1, 0.15) is 37.7 Å². The van der Waals surface area contributed by atoms with Gasteiger partial charge in [0, 0.05) is 42.9 Å². The Morgan fingerprint density at radius 1 is 1.03 bits per heavy atom. The van der Waals surface area contributed by atoms with E-state index in [2.05, 4.69) is 31.7 Å². The zero-order valence-corrected chi connectivity index (χ0v) is 19.2. The fraction of sp³-hybridized carbons (Fsp3) is 0.360. The molecule has 3 heterocycles. The molecule has 9 heteroatoms. The molecule has 4 aromatic rings. The van der Waals surface area contributed by atoms with Crippen molar-refractivity contribution in [2.45, 2.75) is 50.6 Å². The molecule has 0 aliphatic heterocycles. The zero-order chi connectivity index (χ0) is 23.3. The third kappa shape index (κ3) is 5.09. The number of rotatable bonds is 8. The molecule has 176 valence electrons. The minimum atomic E-state index is 0.317. The van der Waals surface area contributed by atoms with Crippen molar-refractivity contribution in [2.75, 3.05) is 22.9 Å². The number of anilines is 3. The number of imidazole rings is 1. The fourth-order valence-corrected chi connectivity index (χ4v) is 4.50. The van der Waals surface area contributed by atoms with E-state index in [0.717, 1.165) is 73.6 Å². The van der Waals surface area contributed by atoms with Crippen molar-refractivity contribution in [3.05, 3.63) is 60.7 Å². The molecular weight excluding hydrogens is 426 g/mol. The summed E-state index contributed by atoms with van der Waals surface area (Å²) in [5.41, 5.74) is 16.4. The molecule has 0 atom stereocenters. The number of fused-ring (bicyclic) bond motifs is 1. The first-order valence-corrected chi connectivity index (χ1v) is 11.9. The van der Waals surface area contributed by atoms with E-state index >= 15 is 0 Å². The number of nitrogens with two attached hydrogens (primary N) is 2. The number of nitrogens with one attached hydrogen (secondary N) is 2. The Bertz CT molecular complexity index is 1240. The van der Waals surface area contributed by atoms with Crippen molar-refractivity contribution in [3.63, 3.8) is 0 Å². The average molecular weight is 458 g/mol. The summed E-state index contributed by atoms with van der Waals surface area (Å²) in [5.74, 6) is 1.40. The summed E-state index contributed by atoms with van der Waals surface area (Å²) in [5, 5.41) is 6.90. The van der Waals surface area contributed by atoms with E-state index in [1.807, 2.05) is 41.1 Å². The van der Waals surface area contributed by atoms with E-state index in [1.165, 1.54) is 5.56 Å². The molecule has 0 amide bonds. The summed E-state index contributed by atoms with van der Waals surface area (Å²) >= 11 is 0. The van der Waals surface area contributed by atoms with Gasteiger partial charge in [0.1, 0.15) is 0 Å². The molecule has 0 bridgehead atoms. The van der Waals surface area contributed by atoms with Crippen LogP contribution in [0, 0.1) is 0 Å². The number of hydrogen-bond acceptors (Lipinski definition) is 8. The van der Waals surface area contributed by atoms with Gasteiger partial charge in [-0.15, -0.1) is 0 Å². The lowest BCUT2D eigenvalue weighted by Crippen LogP contribution is -2.33. The average Bonchev–Trinajstić information content (AvgIpc) is 3.29. The maximum Gasteiger partial charge on any atom is 0.223 e. The van der Waals surface area contributed by atoms with Crippen LogP contribution in [-0.2, 0) is 6.42 Å². The van der Waals surface area contributed by atoms with Crippen molar-refractivity contribution in [1.29, 1.82) is 0 Å². The molecule has 1 aromatic carbocycles. The van der Waals surface area contributed by atoms with Gasteiger partial charge in [-0.3, -0.25) is 4.40 Å². The van der Waals surface area contributed by atoms with Gasteiger partial charge in [-0.1, -0.05) is 12.1 Å². The predicted molar refractivity (Wildman–Crippen MR) is 136 cm³/mol. The predicted octanol–water partition coefficient (Wildman–Crippen LogP) is 3.50. The van der Waals surface area contributed by atoms with E-state index in [9.17, 15) is 0 Å². The topological polar surface area (TPSA) is 132 Å². The van der Waals surface area contributed by atoms with Crippen LogP contribution in [0.4, 0.5) is 17.5 Å². The van der Waals surface area contributed by atoms with E-state index in [-0.39, 0.29) is 0 Å². The quantitative estimate of drug-likeness (QED) is 0.233. The van der Waals surface area contributed by atoms with E-state index in [4.69, 9.17) is 16.5 Å². The Morgan fingerprint density at radius 3 is 2.76 bits per heavy atom. The van der Waals surface area contributed by atoms with E-state index < -0.39 is 0 Å². The van der Waals surface area contributed by atoms with Gasteiger partial charge >= 0.3 is 0 Å². The summed E-state index contributed by atoms with van der Waals surface area (Å²) in [4.78, 5) is 18.3. The molecule has 3 aromatic heterocycles. The second kappa shape index (κ2) is 10.0. The molecule has 1 saturated carbocycles. The highest BCUT2D eigenvalue weighted by Crippen LogP contribution is 2.25. The Labute approximate surface area is 199 Å². The maximum atomic E-state index is 6.05. The highest BCUT2D eigenvalue weighted by Gasteiger charge is 2.20. The Kier molecular flexibility index (Phi) is 6.53. The summed E-state index contributed by atoms with van der Waals surface area (Å²) in [6.45, 7) is 0.772. The first-order valence-electron chi connectivity index (χ1n) is 11.9. The van der Waals surface area contributed by atoms with Crippen molar-refractivity contribution >= 4 is 23.1 Å². The standard InChI is InChI=1S/C25H31N9/c26-18-6-8-20(9-7-18)32-23-24-31-16-22(34(24)14-13-28-23)21-10-12-30-25(33-21)29-11-2-4-17-3-1-5-19(27)15-17/h1,3,5,10,12-16,18,20H,2,4,6-9,11,26-27H2,(H,28,32)(H,29,30,33). The van der Waals surface area contributed by atoms with E-state index in [0.29, 0.717) is 18.0 Å². The number of hydrogen-bond donors (Lipinski definition) is 4. The lowest BCUT2D eigenvalue weighted by atomic mass is 9.92. The molecular formula is C25H31N9. The fourth-order valence-electron chi connectivity index (χ4n) is 4.50. The molecule has 34 heavy (non-hydrogen) atoms. The van der Waals surface area contributed by atoms with Crippen LogP contribution in [0.5, 0.6) is 0 Å². The summed E-state index contributed by atoms with van der Waals surface area (Å²) in [7, 11) is 0. The Morgan fingerprint density at radius 2 is 1.91 bits per heavy atom. The first kappa shape index (κ1) is 22.1. The molecule has 1 aliphatic carbocycles. The lowest BCUT2D eigenvalue weighted by Gasteiger charge is -2.27. The van der Waals surface area contributed by atoms with E-state index in [1.54, 1.807) is 12.4 Å². The SMILES string of the molecule is Nc1cccc(CCCNc2nccc(-c3cnc4c(NC5CCC(N)CC5)nccn34)n2)c1. The number of nitrogen functional groups attached to an aromatic ring is 1. The van der Waals surface area contributed by atoms with Gasteiger partial charge in [0.25, 0.3) is 0 Å². The number of aromatic nitrogens is 5. The number of aryl methyl sites for hydroxylation is 1. The van der Waals surface area contributed by atoms with Gasteiger partial charge in [-0.25, -0.2) is 19.9 Å². The van der Waals surface area contributed by atoms with Crippen LogP contribution in [0.3, 0.4) is 0 Å². The molecule has 0 spiro atoms. The molecule has 1 aliphatic rings. The third-order valence-electron chi connectivity index (χ3n) is 6.34. The normalized spacial score (nSPS) is 18.1. The Balaban J connectivity index is 1.26. The van der Waals surface area contributed by atoms with Crippen LogP contribution in [0.25, 0.3) is 17.0 Å².